The highest BCUT2D eigenvalue weighted by atomic mass is 16.5. The third-order valence-corrected chi connectivity index (χ3v) is 5.72. The summed E-state index contributed by atoms with van der Waals surface area (Å²) in [5.74, 6) is 0.898. The number of nitrogens with one attached hydrogen (secondary N) is 1. The molecular weight excluding hydrogens is 366 g/mol. The molecule has 0 saturated heterocycles. The third-order valence-electron chi connectivity index (χ3n) is 5.72. The van der Waals surface area contributed by atoms with Crippen LogP contribution in [0.25, 0.3) is 11.0 Å². The molecule has 1 aliphatic rings. The number of hydrogen-bond acceptors (Lipinski definition) is 4. The maximum Gasteiger partial charge on any atom is 0.228 e. The highest BCUT2D eigenvalue weighted by Gasteiger charge is 2.23. The summed E-state index contributed by atoms with van der Waals surface area (Å²) >= 11 is 0. The van der Waals surface area contributed by atoms with Gasteiger partial charge in [-0.3, -0.25) is 9.59 Å². The Morgan fingerprint density at radius 2 is 1.86 bits per heavy atom. The Hall–Kier alpha value is -3.08. The lowest BCUT2D eigenvalue weighted by molar-refractivity contribution is -0.120. The van der Waals surface area contributed by atoms with Crippen molar-refractivity contribution in [2.24, 2.45) is 5.92 Å². The Bertz CT molecular complexity index is 1060. The predicted octanol–water partition coefficient (Wildman–Crippen LogP) is 5.50. The van der Waals surface area contributed by atoms with Gasteiger partial charge in [-0.1, -0.05) is 31.4 Å². The Labute approximate surface area is 170 Å². The smallest absolute Gasteiger partial charge is 0.228 e. The number of methoxy groups -OCH3 is 1. The van der Waals surface area contributed by atoms with Crippen LogP contribution in [0.4, 0.5) is 5.69 Å². The first kappa shape index (κ1) is 19.2. The van der Waals surface area contributed by atoms with Gasteiger partial charge in [0.15, 0.2) is 5.76 Å². The number of anilines is 1. The molecule has 1 N–H and O–H groups in total. The molecule has 150 valence electrons. The average Bonchev–Trinajstić information content (AvgIpc) is 3.09. The first-order chi connectivity index (χ1) is 14.1. The second-order valence-electron chi connectivity index (χ2n) is 7.65. The lowest BCUT2D eigenvalue weighted by Crippen LogP contribution is -2.24. The number of fused-ring (bicyclic) bond motifs is 1. The van der Waals surface area contributed by atoms with E-state index < -0.39 is 0 Å². The molecule has 0 spiro atoms. The first-order valence-corrected chi connectivity index (χ1v) is 10.1. The van der Waals surface area contributed by atoms with E-state index in [0.717, 1.165) is 36.6 Å². The van der Waals surface area contributed by atoms with Crippen LogP contribution in [0.3, 0.4) is 0 Å². The SMILES string of the molecule is COc1cccc(C(=O)c2oc3cc(NC(=O)C4CCCCC4)ccc3c2C)c1. The van der Waals surface area contributed by atoms with Crippen LogP contribution in [-0.2, 0) is 4.79 Å². The summed E-state index contributed by atoms with van der Waals surface area (Å²) in [5, 5.41) is 3.88. The molecule has 0 bridgehead atoms. The molecule has 1 amide bonds. The van der Waals surface area contributed by atoms with Crippen molar-refractivity contribution in [3.05, 3.63) is 59.4 Å². The van der Waals surface area contributed by atoms with Gasteiger partial charge in [-0.2, -0.15) is 0 Å². The van der Waals surface area contributed by atoms with E-state index in [1.54, 1.807) is 37.4 Å². The van der Waals surface area contributed by atoms with E-state index in [9.17, 15) is 9.59 Å². The summed E-state index contributed by atoms with van der Waals surface area (Å²) in [7, 11) is 1.57. The zero-order chi connectivity index (χ0) is 20.4. The van der Waals surface area contributed by atoms with Crippen LogP contribution < -0.4 is 10.1 Å². The molecule has 2 aromatic carbocycles. The molecule has 5 nitrogen and oxygen atoms in total. The third kappa shape index (κ3) is 3.90. The Morgan fingerprint density at radius 3 is 2.62 bits per heavy atom. The number of hydrogen-bond donors (Lipinski definition) is 1. The lowest BCUT2D eigenvalue weighted by Gasteiger charge is -2.20. The second-order valence-corrected chi connectivity index (χ2v) is 7.65. The number of carbonyl (C=O) groups excluding carboxylic acids is 2. The van der Waals surface area contributed by atoms with Crippen molar-refractivity contribution in [3.63, 3.8) is 0 Å². The van der Waals surface area contributed by atoms with Crippen LogP contribution in [-0.4, -0.2) is 18.8 Å². The Kier molecular flexibility index (Phi) is 5.38. The van der Waals surface area contributed by atoms with E-state index in [1.165, 1.54) is 6.42 Å². The number of benzene rings is 2. The van der Waals surface area contributed by atoms with Crippen molar-refractivity contribution < 1.29 is 18.7 Å². The van der Waals surface area contributed by atoms with Gasteiger partial charge in [0.1, 0.15) is 11.3 Å². The molecule has 1 fully saturated rings. The van der Waals surface area contributed by atoms with Gasteiger partial charge in [0.25, 0.3) is 0 Å². The number of carbonyl (C=O) groups is 2. The van der Waals surface area contributed by atoms with Crippen LogP contribution in [0.5, 0.6) is 5.75 Å². The van der Waals surface area contributed by atoms with Crippen molar-refractivity contribution in [2.75, 3.05) is 12.4 Å². The van der Waals surface area contributed by atoms with E-state index in [1.807, 2.05) is 19.1 Å². The summed E-state index contributed by atoms with van der Waals surface area (Å²) in [6, 6.07) is 12.6. The molecule has 3 aromatic rings. The van der Waals surface area contributed by atoms with Crippen LogP contribution in [0, 0.1) is 12.8 Å². The average molecular weight is 391 g/mol. The lowest BCUT2D eigenvalue weighted by atomic mass is 9.88. The number of ether oxygens (including phenoxy) is 1. The molecule has 1 aliphatic carbocycles. The molecule has 0 aliphatic heterocycles. The molecule has 0 unspecified atom stereocenters. The number of rotatable bonds is 5. The zero-order valence-corrected chi connectivity index (χ0v) is 16.8. The summed E-state index contributed by atoms with van der Waals surface area (Å²) in [5.41, 5.74) is 2.59. The molecule has 1 heterocycles. The van der Waals surface area contributed by atoms with Gasteiger partial charge in [0, 0.05) is 34.2 Å². The molecule has 29 heavy (non-hydrogen) atoms. The fourth-order valence-corrected chi connectivity index (χ4v) is 4.02. The maximum absolute atomic E-state index is 13.0. The predicted molar refractivity (Wildman–Crippen MR) is 113 cm³/mol. The highest BCUT2D eigenvalue weighted by Crippen LogP contribution is 2.31. The van der Waals surface area contributed by atoms with Crippen LogP contribution in [0.15, 0.2) is 46.9 Å². The zero-order valence-electron chi connectivity index (χ0n) is 16.8. The molecular formula is C24H25NO4. The van der Waals surface area contributed by atoms with Crippen molar-refractivity contribution >= 4 is 28.3 Å². The monoisotopic (exact) mass is 391 g/mol. The Balaban J connectivity index is 1.59. The highest BCUT2D eigenvalue weighted by molar-refractivity contribution is 6.11. The van der Waals surface area contributed by atoms with Gasteiger partial charge < -0.3 is 14.5 Å². The van der Waals surface area contributed by atoms with Gasteiger partial charge in [0.05, 0.1) is 7.11 Å². The summed E-state index contributed by atoms with van der Waals surface area (Å²) < 4.78 is 11.1. The van der Waals surface area contributed by atoms with E-state index in [4.69, 9.17) is 9.15 Å². The van der Waals surface area contributed by atoms with Crippen molar-refractivity contribution in [3.8, 4) is 5.75 Å². The first-order valence-electron chi connectivity index (χ1n) is 10.1. The van der Waals surface area contributed by atoms with Crippen molar-refractivity contribution in [1.82, 2.24) is 0 Å². The van der Waals surface area contributed by atoms with E-state index in [0.29, 0.717) is 28.3 Å². The normalized spacial score (nSPS) is 14.7. The minimum absolute atomic E-state index is 0.0695. The quantitative estimate of drug-likeness (QED) is 0.583. The van der Waals surface area contributed by atoms with E-state index >= 15 is 0 Å². The van der Waals surface area contributed by atoms with Crippen LogP contribution >= 0.6 is 0 Å². The van der Waals surface area contributed by atoms with Crippen LogP contribution in [0.1, 0.15) is 53.8 Å². The number of furan rings is 1. The van der Waals surface area contributed by atoms with Gasteiger partial charge in [-0.25, -0.2) is 0 Å². The van der Waals surface area contributed by atoms with Gasteiger partial charge >= 0.3 is 0 Å². The molecule has 1 aromatic heterocycles. The van der Waals surface area contributed by atoms with Gasteiger partial charge in [-0.05, 0) is 44.0 Å². The minimum atomic E-state index is -0.189. The van der Waals surface area contributed by atoms with Crippen LogP contribution in [0.2, 0.25) is 0 Å². The molecule has 5 heteroatoms. The summed E-state index contributed by atoms with van der Waals surface area (Å²) in [6.07, 6.45) is 5.35. The molecule has 4 rings (SSSR count). The van der Waals surface area contributed by atoms with Crippen molar-refractivity contribution in [2.45, 2.75) is 39.0 Å². The molecule has 0 atom stereocenters. The maximum atomic E-state index is 13.0. The largest absolute Gasteiger partial charge is 0.497 e. The topological polar surface area (TPSA) is 68.5 Å². The molecule has 1 saturated carbocycles. The number of ketones is 1. The fraction of sp³-hybridized carbons (Fsp3) is 0.333. The Morgan fingerprint density at radius 1 is 1.07 bits per heavy atom. The molecule has 0 radical (unpaired) electrons. The summed E-state index contributed by atoms with van der Waals surface area (Å²) in [6.45, 7) is 1.87. The van der Waals surface area contributed by atoms with Gasteiger partial charge in [0.2, 0.25) is 11.7 Å². The summed E-state index contributed by atoms with van der Waals surface area (Å²) in [4.78, 5) is 25.5. The standard InChI is InChI=1S/C24H25NO4/c1-15-20-12-11-18(25-24(27)16-7-4-3-5-8-16)14-21(20)29-23(15)22(26)17-9-6-10-19(13-17)28-2/h6,9-14,16H,3-5,7-8H2,1-2H3,(H,25,27). The van der Waals surface area contributed by atoms with E-state index in [2.05, 4.69) is 5.32 Å². The fourth-order valence-electron chi connectivity index (χ4n) is 4.02. The minimum Gasteiger partial charge on any atom is -0.497 e. The van der Waals surface area contributed by atoms with E-state index in [-0.39, 0.29) is 17.6 Å². The van der Waals surface area contributed by atoms with Crippen molar-refractivity contribution in [1.29, 1.82) is 0 Å². The number of amides is 1. The van der Waals surface area contributed by atoms with Gasteiger partial charge in [-0.15, -0.1) is 0 Å². The second kappa shape index (κ2) is 8.11. The number of aryl methyl sites for hydroxylation is 1.